The van der Waals surface area contributed by atoms with Crippen molar-refractivity contribution in [2.24, 2.45) is 0 Å². The Kier molecular flexibility index (Phi) is 4.54. The summed E-state index contributed by atoms with van der Waals surface area (Å²) in [4.78, 5) is 32.8. The molecule has 0 saturated heterocycles. The van der Waals surface area contributed by atoms with Crippen molar-refractivity contribution in [1.29, 1.82) is 0 Å². The predicted molar refractivity (Wildman–Crippen MR) is 86.9 cm³/mol. The molecule has 1 aromatic carbocycles. The molecule has 0 fully saturated rings. The Balaban J connectivity index is 2.25. The number of benzene rings is 1. The molecule has 0 unspecified atom stereocenters. The maximum absolute atomic E-state index is 12.3. The summed E-state index contributed by atoms with van der Waals surface area (Å²) in [5.41, 5.74) is 2.10. The molecule has 120 valence electrons. The Bertz CT molecular complexity index is 733. The number of nitro groups is 1. The normalized spacial score (nSPS) is 10.3. The highest BCUT2D eigenvalue weighted by Gasteiger charge is 2.14. The molecule has 0 aliphatic carbocycles. The number of nitrogens with one attached hydrogen (secondary N) is 1. The second kappa shape index (κ2) is 6.39. The second-order valence-electron chi connectivity index (χ2n) is 5.22. The van der Waals surface area contributed by atoms with Crippen LogP contribution in [0.15, 0.2) is 24.3 Å². The van der Waals surface area contributed by atoms with E-state index in [1.165, 1.54) is 24.3 Å². The third-order valence-corrected chi connectivity index (χ3v) is 3.24. The largest absolute Gasteiger partial charge is 0.347 e. The molecule has 2 rings (SSSR count). The van der Waals surface area contributed by atoms with E-state index in [-0.39, 0.29) is 11.6 Å². The van der Waals surface area contributed by atoms with Crippen LogP contribution in [0.2, 0.25) is 0 Å². The number of amides is 1. The molecule has 1 heterocycles. The Morgan fingerprint density at radius 1 is 1.13 bits per heavy atom. The van der Waals surface area contributed by atoms with Crippen LogP contribution in [-0.2, 0) is 0 Å². The average molecular weight is 315 g/mol. The Morgan fingerprint density at radius 2 is 1.65 bits per heavy atom. The minimum absolute atomic E-state index is 0.0624. The summed E-state index contributed by atoms with van der Waals surface area (Å²) in [7, 11) is 3.67. The zero-order valence-electron chi connectivity index (χ0n) is 13.3. The van der Waals surface area contributed by atoms with Gasteiger partial charge in [-0.25, -0.2) is 9.97 Å². The molecule has 1 aromatic heterocycles. The maximum atomic E-state index is 12.3. The van der Waals surface area contributed by atoms with Crippen molar-refractivity contribution in [3.05, 3.63) is 51.3 Å². The minimum Gasteiger partial charge on any atom is -0.347 e. The van der Waals surface area contributed by atoms with Crippen molar-refractivity contribution in [2.45, 2.75) is 13.8 Å². The number of non-ortho nitro benzene ring substituents is 1. The number of aromatic nitrogens is 2. The van der Waals surface area contributed by atoms with Crippen molar-refractivity contribution in [2.75, 3.05) is 24.3 Å². The molecule has 23 heavy (non-hydrogen) atoms. The Labute approximate surface area is 133 Å². The lowest BCUT2D eigenvalue weighted by Gasteiger charge is -2.15. The van der Waals surface area contributed by atoms with E-state index in [9.17, 15) is 14.9 Å². The molecule has 8 nitrogen and oxygen atoms in total. The number of carbonyl (C=O) groups excluding carboxylic acids is 1. The zero-order valence-corrected chi connectivity index (χ0v) is 13.3. The van der Waals surface area contributed by atoms with Crippen molar-refractivity contribution in [3.63, 3.8) is 0 Å². The summed E-state index contributed by atoms with van der Waals surface area (Å²) in [5.74, 6) is 0.195. The summed E-state index contributed by atoms with van der Waals surface area (Å²) in [6, 6.07) is 5.40. The molecule has 0 radical (unpaired) electrons. The number of anilines is 2. The molecule has 1 amide bonds. The summed E-state index contributed by atoms with van der Waals surface area (Å²) in [6.07, 6.45) is 0. The van der Waals surface area contributed by atoms with Crippen molar-refractivity contribution in [1.82, 2.24) is 9.97 Å². The summed E-state index contributed by atoms with van der Waals surface area (Å²) in [5, 5.41) is 13.4. The smallest absolute Gasteiger partial charge is 0.269 e. The number of hydrogen-bond acceptors (Lipinski definition) is 6. The highest BCUT2D eigenvalue weighted by Crippen LogP contribution is 2.21. The van der Waals surface area contributed by atoms with E-state index in [4.69, 9.17) is 0 Å². The lowest BCUT2D eigenvalue weighted by Crippen LogP contribution is -2.18. The van der Waals surface area contributed by atoms with Crippen LogP contribution in [0.25, 0.3) is 0 Å². The molecule has 0 bridgehead atoms. The highest BCUT2D eigenvalue weighted by molar-refractivity contribution is 6.04. The average Bonchev–Trinajstić information content (AvgIpc) is 2.50. The van der Waals surface area contributed by atoms with Crippen LogP contribution in [0.3, 0.4) is 0 Å². The van der Waals surface area contributed by atoms with Crippen LogP contribution < -0.4 is 10.2 Å². The van der Waals surface area contributed by atoms with Crippen LogP contribution in [0, 0.1) is 24.0 Å². The molecular formula is C15H17N5O3. The van der Waals surface area contributed by atoms with Gasteiger partial charge >= 0.3 is 0 Å². The van der Waals surface area contributed by atoms with Crippen LogP contribution in [-0.4, -0.2) is 34.9 Å². The number of carbonyl (C=O) groups is 1. The topological polar surface area (TPSA) is 101 Å². The van der Waals surface area contributed by atoms with Gasteiger partial charge in [-0.05, 0) is 26.0 Å². The standard InChI is InChI=1S/C15H17N5O3/c1-9-13(10(2)17-15(16-9)19(3)4)18-14(21)11-5-7-12(8-6-11)20(22)23/h5-8H,1-4H3,(H,18,21). The number of hydrogen-bond donors (Lipinski definition) is 1. The first kappa shape index (κ1) is 16.3. The highest BCUT2D eigenvalue weighted by atomic mass is 16.6. The van der Waals surface area contributed by atoms with Crippen molar-refractivity contribution in [3.8, 4) is 0 Å². The van der Waals surface area contributed by atoms with Crippen LogP contribution in [0.4, 0.5) is 17.3 Å². The van der Waals surface area contributed by atoms with E-state index < -0.39 is 4.92 Å². The predicted octanol–water partition coefficient (Wildman–Crippen LogP) is 2.32. The van der Waals surface area contributed by atoms with E-state index in [0.717, 1.165) is 0 Å². The van der Waals surface area contributed by atoms with Crippen molar-refractivity contribution >= 4 is 23.2 Å². The maximum Gasteiger partial charge on any atom is 0.269 e. The van der Waals surface area contributed by atoms with Crippen LogP contribution in [0.5, 0.6) is 0 Å². The number of rotatable bonds is 4. The van der Waals surface area contributed by atoms with Gasteiger partial charge in [-0.3, -0.25) is 14.9 Å². The SMILES string of the molecule is Cc1nc(N(C)C)nc(C)c1NC(=O)c1ccc([N+](=O)[O-])cc1. The molecule has 0 aliphatic heterocycles. The van der Waals surface area contributed by atoms with E-state index in [0.29, 0.717) is 28.6 Å². The minimum atomic E-state index is -0.510. The molecule has 0 aliphatic rings. The van der Waals surface area contributed by atoms with E-state index in [1.807, 2.05) is 14.1 Å². The quantitative estimate of drug-likeness (QED) is 0.686. The van der Waals surface area contributed by atoms with Gasteiger partial charge in [-0.2, -0.15) is 0 Å². The van der Waals surface area contributed by atoms with Gasteiger partial charge in [0.15, 0.2) is 0 Å². The van der Waals surface area contributed by atoms with Crippen LogP contribution in [0.1, 0.15) is 21.7 Å². The monoisotopic (exact) mass is 315 g/mol. The third kappa shape index (κ3) is 3.60. The van der Waals surface area contributed by atoms with Gasteiger partial charge in [0.25, 0.3) is 11.6 Å². The fourth-order valence-electron chi connectivity index (χ4n) is 2.00. The first-order valence-corrected chi connectivity index (χ1v) is 6.88. The lowest BCUT2D eigenvalue weighted by molar-refractivity contribution is -0.384. The van der Waals surface area contributed by atoms with Crippen LogP contribution >= 0.6 is 0 Å². The third-order valence-electron chi connectivity index (χ3n) is 3.24. The van der Waals surface area contributed by atoms with Gasteiger partial charge in [0.2, 0.25) is 5.95 Å². The molecule has 8 heteroatoms. The molecule has 1 N–H and O–H groups in total. The lowest BCUT2D eigenvalue weighted by atomic mass is 10.2. The second-order valence-corrected chi connectivity index (χ2v) is 5.22. The first-order chi connectivity index (χ1) is 10.8. The molecule has 0 atom stereocenters. The van der Waals surface area contributed by atoms with Gasteiger partial charge < -0.3 is 10.2 Å². The molecule has 0 saturated carbocycles. The van der Waals surface area contributed by atoms with E-state index >= 15 is 0 Å². The molecule has 0 spiro atoms. The van der Waals surface area contributed by atoms with E-state index in [2.05, 4.69) is 15.3 Å². The van der Waals surface area contributed by atoms with Crippen molar-refractivity contribution < 1.29 is 9.72 Å². The number of aryl methyl sites for hydroxylation is 2. The summed E-state index contributed by atoms with van der Waals surface area (Å²) < 4.78 is 0. The Morgan fingerprint density at radius 3 is 2.09 bits per heavy atom. The Hall–Kier alpha value is -3.03. The van der Waals surface area contributed by atoms with E-state index in [1.54, 1.807) is 18.7 Å². The fraction of sp³-hybridized carbons (Fsp3) is 0.267. The number of nitro benzene ring substituents is 1. The van der Waals surface area contributed by atoms with Gasteiger partial charge in [-0.15, -0.1) is 0 Å². The van der Waals surface area contributed by atoms with Gasteiger partial charge in [0.1, 0.15) is 0 Å². The molecular weight excluding hydrogens is 298 g/mol. The number of nitrogens with zero attached hydrogens (tertiary/aromatic N) is 4. The summed E-state index contributed by atoms with van der Waals surface area (Å²) in [6.45, 7) is 3.57. The van der Waals surface area contributed by atoms with Gasteiger partial charge in [-0.1, -0.05) is 0 Å². The first-order valence-electron chi connectivity index (χ1n) is 6.88. The fourth-order valence-corrected chi connectivity index (χ4v) is 2.00. The molecule has 2 aromatic rings. The summed E-state index contributed by atoms with van der Waals surface area (Å²) >= 11 is 0. The van der Waals surface area contributed by atoms with Gasteiger partial charge in [0.05, 0.1) is 22.0 Å². The van der Waals surface area contributed by atoms with Gasteiger partial charge in [0, 0.05) is 31.8 Å². The zero-order chi connectivity index (χ0) is 17.1.